The van der Waals surface area contributed by atoms with Crippen LogP contribution < -0.4 is 5.32 Å². The second-order valence-corrected chi connectivity index (χ2v) is 7.94. The third-order valence-electron chi connectivity index (χ3n) is 4.99. The number of anilines is 1. The van der Waals surface area contributed by atoms with Crippen molar-refractivity contribution in [3.05, 3.63) is 46.5 Å². The van der Waals surface area contributed by atoms with Gasteiger partial charge < -0.3 is 10.2 Å². The lowest BCUT2D eigenvalue weighted by molar-refractivity contribution is -0.119. The molecule has 0 saturated carbocycles. The van der Waals surface area contributed by atoms with Gasteiger partial charge in [0.25, 0.3) is 0 Å². The number of hydrogen-bond donors (Lipinski definition) is 1. The Balaban J connectivity index is 1.37. The Labute approximate surface area is 157 Å². The first kappa shape index (κ1) is 17.0. The van der Waals surface area contributed by atoms with E-state index in [1.165, 1.54) is 10.4 Å². The zero-order valence-electron chi connectivity index (χ0n) is 14.5. The normalized spacial score (nSPS) is 19.8. The highest BCUT2D eigenvalue weighted by Gasteiger charge is 2.29. The van der Waals surface area contributed by atoms with Gasteiger partial charge in [-0.1, -0.05) is 30.3 Å². The summed E-state index contributed by atoms with van der Waals surface area (Å²) >= 11 is 1.58. The average molecular weight is 367 g/mol. The second-order valence-electron chi connectivity index (χ2n) is 6.86. The summed E-state index contributed by atoms with van der Waals surface area (Å²) < 4.78 is 0. The largest absolute Gasteiger partial charge is 0.310 e. The Morgan fingerprint density at radius 3 is 2.96 bits per heavy atom. The molecule has 1 atom stereocenters. The van der Waals surface area contributed by atoms with Gasteiger partial charge in [0.2, 0.25) is 5.91 Å². The number of amides is 1. The van der Waals surface area contributed by atoms with Gasteiger partial charge in [-0.3, -0.25) is 9.69 Å². The molecule has 0 aliphatic carbocycles. The fourth-order valence-electron chi connectivity index (χ4n) is 3.55. The molecule has 7 heteroatoms. The van der Waals surface area contributed by atoms with Crippen molar-refractivity contribution in [1.29, 1.82) is 5.26 Å². The van der Waals surface area contributed by atoms with E-state index in [0.29, 0.717) is 18.2 Å². The number of carbonyl (C=O) groups is 1. The van der Waals surface area contributed by atoms with Gasteiger partial charge in [0, 0.05) is 44.0 Å². The highest BCUT2D eigenvalue weighted by molar-refractivity contribution is 7.15. The summed E-state index contributed by atoms with van der Waals surface area (Å²) in [6.45, 7) is 3.98. The van der Waals surface area contributed by atoms with Crippen LogP contribution in [0, 0.1) is 17.4 Å². The highest BCUT2D eigenvalue weighted by atomic mass is 32.1. The number of hydrogen-bond acceptors (Lipinski definition) is 6. The predicted octanol–water partition coefficient (Wildman–Crippen LogP) is 2.44. The quantitative estimate of drug-likeness (QED) is 0.841. The van der Waals surface area contributed by atoms with Crippen LogP contribution in [0.3, 0.4) is 0 Å². The van der Waals surface area contributed by atoms with Crippen LogP contribution in [0.2, 0.25) is 0 Å². The summed E-state index contributed by atoms with van der Waals surface area (Å²) in [5, 5.41) is 12.6. The third-order valence-corrected chi connectivity index (χ3v) is 5.99. The zero-order chi connectivity index (χ0) is 17.9. The van der Waals surface area contributed by atoms with E-state index < -0.39 is 0 Å². The maximum atomic E-state index is 12.4. The highest BCUT2D eigenvalue weighted by Crippen LogP contribution is 2.29. The summed E-state index contributed by atoms with van der Waals surface area (Å²) in [5.41, 5.74) is 2.43. The molecule has 2 aromatic rings. The minimum absolute atomic E-state index is 0.0185. The minimum atomic E-state index is -0.120. The first-order valence-electron chi connectivity index (χ1n) is 8.91. The zero-order valence-corrected chi connectivity index (χ0v) is 15.3. The molecule has 1 amide bonds. The van der Waals surface area contributed by atoms with Crippen molar-refractivity contribution in [1.82, 2.24) is 14.8 Å². The predicted molar refractivity (Wildman–Crippen MR) is 100 cm³/mol. The number of aromatic nitrogens is 1. The molecular formula is C19H21N5OS. The van der Waals surface area contributed by atoms with Crippen LogP contribution in [0.1, 0.15) is 22.6 Å². The summed E-state index contributed by atoms with van der Waals surface area (Å²) in [7, 11) is 0. The average Bonchev–Trinajstić information content (AvgIpc) is 3.28. The fraction of sp³-hybridized carbons (Fsp3) is 0.421. The Hall–Kier alpha value is -2.43. The van der Waals surface area contributed by atoms with E-state index in [-0.39, 0.29) is 11.8 Å². The molecule has 2 aliphatic heterocycles. The number of thiazole rings is 1. The number of carbonyl (C=O) groups excluding carboxylic acids is 1. The van der Waals surface area contributed by atoms with E-state index >= 15 is 0 Å². The summed E-state index contributed by atoms with van der Waals surface area (Å²) in [6.07, 6.45) is 3.76. The van der Waals surface area contributed by atoms with Gasteiger partial charge in [-0.25, -0.2) is 4.98 Å². The van der Waals surface area contributed by atoms with Crippen molar-refractivity contribution >= 4 is 22.4 Å². The third kappa shape index (κ3) is 3.71. The molecule has 1 aromatic carbocycles. The Bertz CT molecular complexity index is 828. The van der Waals surface area contributed by atoms with E-state index in [1.54, 1.807) is 16.2 Å². The second kappa shape index (κ2) is 7.44. The van der Waals surface area contributed by atoms with Gasteiger partial charge in [0.15, 0.2) is 11.3 Å². The van der Waals surface area contributed by atoms with E-state index in [9.17, 15) is 4.79 Å². The van der Waals surface area contributed by atoms with Crippen molar-refractivity contribution in [2.45, 2.75) is 25.9 Å². The van der Waals surface area contributed by atoms with Crippen LogP contribution in [-0.4, -0.2) is 40.3 Å². The maximum absolute atomic E-state index is 12.4. The molecule has 0 bridgehead atoms. The van der Waals surface area contributed by atoms with Crippen molar-refractivity contribution in [3.8, 4) is 6.19 Å². The van der Waals surface area contributed by atoms with E-state index in [2.05, 4.69) is 45.7 Å². The Morgan fingerprint density at radius 1 is 1.35 bits per heavy atom. The molecule has 1 fully saturated rings. The lowest BCUT2D eigenvalue weighted by Gasteiger charge is -2.25. The lowest BCUT2D eigenvalue weighted by atomic mass is 10.1. The molecule has 1 unspecified atom stereocenters. The molecule has 0 radical (unpaired) electrons. The van der Waals surface area contributed by atoms with Crippen LogP contribution in [0.15, 0.2) is 30.3 Å². The topological polar surface area (TPSA) is 72.3 Å². The van der Waals surface area contributed by atoms with Gasteiger partial charge in [-0.15, -0.1) is 11.3 Å². The number of nitriles is 1. The minimum Gasteiger partial charge on any atom is -0.310 e. The van der Waals surface area contributed by atoms with Crippen LogP contribution in [-0.2, 0) is 24.3 Å². The molecule has 1 N–H and O–H groups in total. The van der Waals surface area contributed by atoms with Gasteiger partial charge >= 0.3 is 0 Å². The van der Waals surface area contributed by atoms with Gasteiger partial charge in [0.1, 0.15) is 0 Å². The molecule has 0 spiro atoms. The first-order chi connectivity index (χ1) is 12.7. The maximum Gasteiger partial charge on any atom is 0.231 e. The van der Waals surface area contributed by atoms with E-state index in [0.717, 1.165) is 38.2 Å². The standard InChI is InChI=1S/C19H21N5OS/c20-13-24-8-6-15(11-24)18(25)22-19-21-16-7-9-23(12-17(16)26-19)10-14-4-2-1-3-5-14/h1-5,15H,6-12H2,(H,21,22,25). The first-order valence-corrected chi connectivity index (χ1v) is 9.73. The molecule has 3 heterocycles. The molecule has 1 aromatic heterocycles. The van der Waals surface area contributed by atoms with Crippen LogP contribution in [0.4, 0.5) is 5.13 Å². The fourth-order valence-corrected chi connectivity index (χ4v) is 4.60. The van der Waals surface area contributed by atoms with Crippen LogP contribution >= 0.6 is 11.3 Å². The van der Waals surface area contributed by atoms with Crippen LogP contribution in [0.25, 0.3) is 0 Å². The summed E-state index contributed by atoms with van der Waals surface area (Å²) in [6, 6.07) is 10.5. The molecule has 1 saturated heterocycles. The molecule has 4 rings (SSSR count). The van der Waals surface area contributed by atoms with Crippen molar-refractivity contribution in [2.75, 3.05) is 25.0 Å². The van der Waals surface area contributed by atoms with Crippen molar-refractivity contribution < 1.29 is 4.79 Å². The molecular weight excluding hydrogens is 346 g/mol. The molecule has 6 nitrogen and oxygen atoms in total. The Morgan fingerprint density at radius 2 is 2.19 bits per heavy atom. The van der Waals surface area contributed by atoms with Crippen molar-refractivity contribution in [3.63, 3.8) is 0 Å². The summed E-state index contributed by atoms with van der Waals surface area (Å²) in [4.78, 5) is 22.3. The molecule has 26 heavy (non-hydrogen) atoms. The lowest BCUT2D eigenvalue weighted by Crippen LogP contribution is -2.29. The number of nitrogens with zero attached hydrogens (tertiary/aromatic N) is 4. The molecule has 2 aliphatic rings. The molecule has 134 valence electrons. The number of rotatable bonds is 4. The summed E-state index contributed by atoms with van der Waals surface area (Å²) in [5.74, 6) is -0.139. The number of nitrogens with one attached hydrogen (secondary N) is 1. The Kier molecular flexibility index (Phi) is 4.87. The van der Waals surface area contributed by atoms with Crippen LogP contribution in [0.5, 0.6) is 0 Å². The van der Waals surface area contributed by atoms with E-state index in [4.69, 9.17) is 5.26 Å². The van der Waals surface area contributed by atoms with Gasteiger partial charge in [0.05, 0.1) is 11.6 Å². The van der Waals surface area contributed by atoms with E-state index in [1.807, 2.05) is 6.07 Å². The van der Waals surface area contributed by atoms with Crippen molar-refractivity contribution in [2.24, 2.45) is 5.92 Å². The SMILES string of the molecule is N#CN1CCC(C(=O)Nc2nc3c(s2)CN(Cc2ccccc2)CC3)C1. The smallest absolute Gasteiger partial charge is 0.231 e. The number of fused-ring (bicyclic) bond motifs is 1. The van der Waals surface area contributed by atoms with Gasteiger partial charge in [-0.2, -0.15) is 5.26 Å². The van der Waals surface area contributed by atoms with Gasteiger partial charge in [-0.05, 0) is 12.0 Å². The number of benzene rings is 1. The number of likely N-dealkylation sites (tertiary alicyclic amines) is 1. The monoisotopic (exact) mass is 367 g/mol.